The summed E-state index contributed by atoms with van der Waals surface area (Å²) in [7, 11) is -4.31. The number of morpholine rings is 1. The van der Waals surface area contributed by atoms with Crippen LogP contribution in [0, 0.1) is 17.6 Å². The molecule has 250 valence electrons. The van der Waals surface area contributed by atoms with Crippen molar-refractivity contribution in [3.63, 3.8) is 0 Å². The first-order valence-corrected chi connectivity index (χ1v) is 16.5. The number of hydrogen-bond donors (Lipinski definition) is 4. The smallest absolute Gasteiger partial charge is 0.308 e. The molecule has 0 bridgehead atoms. The Balaban J connectivity index is 1.33. The highest BCUT2D eigenvalue weighted by atomic mass is 32.2. The molecular weight excluding hydrogens is 640 g/mol. The molecule has 3 aliphatic heterocycles. The number of ether oxygens (including phenoxy) is 1. The predicted octanol–water partition coefficient (Wildman–Crippen LogP) is 1.92. The number of nitrogens with two attached hydrogens (primary N) is 1. The van der Waals surface area contributed by atoms with Crippen LogP contribution in [0.2, 0.25) is 0 Å². The Morgan fingerprint density at radius 3 is 2.34 bits per heavy atom. The summed E-state index contributed by atoms with van der Waals surface area (Å²) in [5.74, 6) is -5.21. The number of hydrogen-bond acceptors (Lipinski definition) is 9. The van der Waals surface area contributed by atoms with Crippen molar-refractivity contribution in [1.82, 2.24) is 14.5 Å². The summed E-state index contributed by atoms with van der Waals surface area (Å²) < 4.78 is 60.8. The number of rotatable bonds is 8. The van der Waals surface area contributed by atoms with Crippen molar-refractivity contribution in [3.8, 4) is 0 Å². The molecule has 2 amide bonds. The summed E-state index contributed by atoms with van der Waals surface area (Å²) in [6, 6.07) is 5.10. The second-order valence-electron chi connectivity index (χ2n) is 11.7. The zero-order valence-electron chi connectivity index (χ0n) is 25.2. The van der Waals surface area contributed by atoms with E-state index in [0.717, 1.165) is 16.4 Å². The van der Waals surface area contributed by atoms with E-state index in [2.05, 4.69) is 15.5 Å². The fourth-order valence-electron chi connectivity index (χ4n) is 6.26. The van der Waals surface area contributed by atoms with Gasteiger partial charge in [0.2, 0.25) is 15.9 Å². The molecule has 4 heterocycles. The lowest BCUT2D eigenvalue weighted by atomic mass is 9.96. The molecule has 3 aromatic rings. The van der Waals surface area contributed by atoms with Gasteiger partial charge in [-0.1, -0.05) is 0 Å². The van der Waals surface area contributed by atoms with E-state index >= 15 is 0 Å². The highest BCUT2D eigenvalue weighted by molar-refractivity contribution is 7.89. The van der Waals surface area contributed by atoms with Gasteiger partial charge in [-0.2, -0.15) is 9.40 Å². The molecule has 0 aliphatic carbocycles. The summed E-state index contributed by atoms with van der Waals surface area (Å²) >= 11 is 0. The number of H-pyrrole nitrogens is 1. The fraction of sp³-hybridized carbons (Fsp3) is 0.400. The molecule has 1 atom stereocenters. The van der Waals surface area contributed by atoms with Crippen LogP contribution >= 0.6 is 0 Å². The van der Waals surface area contributed by atoms with Gasteiger partial charge in [-0.05, 0) is 37.1 Å². The van der Waals surface area contributed by atoms with E-state index < -0.39 is 50.3 Å². The number of primary amides is 1. The minimum Gasteiger partial charge on any atom is -0.481 e. The summed E-state index contributed by atoms with van der Waals surface area (Å²) in [4.78, 5) is 41.8. The minimum absolute atomic E-state index is 0.00555. The number of sulfonamides is 1. The molecule has 2 saturated heterocycles. The van der Waals surface area contributed by atoms with E-state index in [1.807, 2.05) is 9.80 Å². The summed E-state index contributed by atoms with van der Waals surface area (Å²) in [5.41, 5.74) is 7.71. The highest BCUT2D eigenvalue weighted by Gasteiger charge is 2.34. The molecule has 2 fully saturated rings. The molecule has 0 radical (unpaired) electrons. The van der Waals surface area contributed by atoms with E-state index in [-0.39, 0.29) is 43.0 Å². The summed E-state index contributed by atoms with van der Waals surface area (Å²) in [5, 5.41) is 19.4. The third kappa shape index (κ3) is 6.50. The molecule has 1 unspecified atom stereocenters. The van der Waals surface area contributed by atoms with Gasteiger partial charge in [0, 0.05) is 63.0 Å². The maximum Gasteiger partial charge on any atom is 0.308 e. The molecule has 1 aromatic heterocycles. The lowest BCUT2D eigenvalue weighted by Gasteiger charge is -2.38. The minimum atomic E-state index is -4.31. The van der Waals surface area contributed by atoms with Crippen LogP contribution in [0.3, 0.4) is 0 Å². The SMILES string of the molecule is NC(=O)c1cc(N2CCOCC2)c(N2CCCC(C(=O)O)C2)cc1C(=O)Nc1n[nH]c2c1CN(S(=O)(=O)c1cc(F)cc(F)c1)CC2. The predicted molar refractivity (Wildman–Crippen MR) is 165 cm³/mol. The van der Waals surface area contributed by atoms with Gasteiger partial charge in [0.25, 0.3) is 5.91 Å². The van der Waals surface area contributed by atoms with Crippen molar-refractivity contribution in [2.45, 2.75) is 30.7 Å². The van der Waals surface area contributed by atoms with Gasteiger partial charge < -0.3 is 30.7 Å². The average Bonchev–Trinajstić information content (AvgIpc) is 3.45. The number of carboxylic acids is 1. The maximum absolute atomic E-state index is 13.9. The van der Waals surface area contributed by atoms with Gasteiger partial charge in [-0.15, -0.1) is 0 Å². The van der Waals surface area contributed by atoms with Crippen LogP contribution in [0.5, 0.6) is 0 Å². The van der Waals surface area contributed by atoms with E-state index in [1.54, 1.807) is 0 Å². The Kier molecular flexibility index (Phi) is 8.86. The van der Waals surface area contributed by atoms with Crippen molar-refractivity contribution in [3.05, 3.63) is 64.4 Å². The number of aromatic amines is 1. The highest BCUT2D eigenvalue weighted by Crippen LogP contribution is 2.37. The van der Waals surface area contributed by atoms with E-state index in [1.165, 1.54) is 12.1 Å². The van der Waals surface area contributed by atoms with Crippen molar-refractivity contribution < 1.29 is 41.4 Å². The van der Waals surface area contributed by atoms with E-state index in [0.29, 0.717) is 74.4 Å². The van der Waals surface area contributed by atoms with Crippen LogP contribution in [0.15, 0.2) is 35.2 Å². The Bertz CT molecular complexity index is 1830. The standard InChI is InChI=1S/C30H33F2N7O7S/c31-18-10-19(32)12-20(11-18)47(44,45)39-5-3-24-23(16-39)28(36-35-24)34-29(41)22-14-26(38-4-1-2-17(15-38)30(42)43)25(13-21(22)27(33)40)37-6-8-46-9-7-37/h10-14,17H,1-9,15-16H2,(H2,33,40)(H,42,43)(H2,34,35,36,41). The first-order chi connectivity index (χ1) is 22.4. The van der Waals surface area contributed by atoms with E-state index in [9.17, 15) is 36.7 Å². The van der Waals surface area contributed by atoms with Crippen molar-refractivity contribution in [2.24, 2.45) is 11.7 Å². The fourth-order valence-corrected chi connectivity index (χ4v) is 7.71. The van der Waals surface area contributed by atoms with E-state index in [4.69, 9.17) is 10.5 Å². The van der Waals surface area contributed by atoms with Crippen LogP contribution < -0.4 is 20.9 Å². The summed E-state index contributed by atoms with van der Waals surface area (Å²) in [6.07, 6.45) is 1.30. The molecule has 17 heteroatoms. The first-order valence-electron chi connectivity index (χ1n) is 15.0. The molecule has 0 saturated carbocycles. The van der Waals surface area contributed by atoms with Gasteiger partial charge in [0.1, 0.15) is 11.6 Å². The number of nitrogens with zero attached hydrogens (tertiary/aromatic N) is 4. The number of anilines is 3. The first kappa shape index (κ1) is 32.3. The number of benzene rings is 2. The third-order valence-electron chi connectivity index (χ3n) is 8.69. The van der Waals surface area contributed by atoms with Gasteiger partial charge >= 0.3 is 5.97 Å². The van der Waals surface area contributed by atoms with Crippen LogP contribution in [0.25, 0.3) is 0 Å². The molecule has 2 aromatic carbocycles. The largest absolute Gasteiger partial charge is 0.481 e. The van der Waals surface area contributed by atoms with Gasteiger partial charge in [0.15, 0.2) is 5.82 Å². The summed E-state index contributed by atoms with van der Waals surface area (Å²) in [6.45, 7) is 2.38. The number of piperidine rings is 1. The van der Waals surface area contributed by atoms with Crippen LogP contribution in [-0.2, 0) is 32.5 Å². The molecule has 0 spiro atoms. The number of fused-ring (bicyclic) bond motifs is 1. The molecular formula is C30H33F2N7O7S. The second kappa shape index (κ2) is 12.9. The second-order valence-corrected chi connectivity index (χ2v) is 13.6. The maximum atomic E-state index is 13.9. The number of halogens is 2. The lowest BCUT2D eigenvalue weighted by Crippen LogP contribution is -2.42. The zero-order valence-corrected chi connectivity index (χ0v) is 26.0. The Morgan fingerprint density at radius 1 is 0.979 bits per heavy atom. The molecule has 6 rings (SSSR count). The van der Waals surface area contributed by atoms with Crippen LogP contribution in [0.4, 0.5) is 26.0 Å². The number of carboxylic acid groups (broad SMARTS) is 1. The van der Waals surface area contributed by atoms with Crippen LogP contribution in [0.1, 0.15) is 44.8 Å². The monoisotopic (exact) mass is 673 g/mol. The number of amides is 2. The van der Waals surface area contributed by atoms with Gasteiger partial charge in [-0.25, -0.2) is 17.2 Å². The Morgan fingerprint density at radius 2 is 1.66 bits per heavy atom. The van der Waals surface area contributed by atoms with Crippen molar-refractivity contribution in [2.75, 3.05) is 61.1 Å². The number of nitrogens with one attached hydrogen (secondary N) is 2. The number of carbonyl (C=O) groups excluding carboxylic acids is 2. The molecule has 14 nitrogen and oxygen atoms in total. The zero-order chi connectivity index (χ0) is 33.5. The third-order valence-corrected chi connectivity index (χ3v) is 10.5. The van der Waals surface area contributed by atoms with Crippen molar-refractivity contribution in [1.29, 1.82) is 0 Å². The lowest BCUT2D eigenvalue weighted by molar-refractivity contribution is -0.141. The van der Waals surface area contributed by atoms with Crippen molar-refractivity contribution >= 4 is 45.0 Å². The molecule has 3 aliphatic rings. The number of carbonyl (C=O) groups is 3. The Labute approximate surface area is 268 Å². The molecule has 47 heavy (non-hydrogen) atoms. The normalized spacial score (nSPS) is 18.9. The average molecular weight is 674 g/mol. The molecule has 5 N–H and O–H groups in total. The topological polar surface area (TPSA) is 191 Å². The van der Waals surface area contributed by atoms with Crippen LogP contribution in [-0.4, -0.2) is 91.7 Å². The number of aromatic nitrogens is 2. The van der Waals surface area contributed by atoms with Gasteiger partial charge in [0.05, 0.1) is 46.5 Å². The quantitative estimate of drug-likeness (QED) is 0.275. The number of aliphatic carboxylic acids is 1. The van der Waals surface area contributed by atoms with Gasteiger partial charge in [-0.3, -0.25) is 19.5 Å². The Hall–Kier alpha value is -4.61.